The fraction of sp³-hybridized carbons (Fsp3) is 0.0714. The number of aromatic hydroxyl groups is 1. The van der Waals surface area contributed by atoms with Gasteiger partial charge in [-0.3, -0.25) is 4.79 Å². The van der Waals surface area contributed by atoms with Gasteiger partial charge in [-0.1, -0.05) is 41.4 Å². The number of aryl methyl sites for hydroxylation is 1. The van der Waals surface area contributed by atoms with E-state index < -0.39 is 5.91 Å². The summed E-state index contributed by atoms with van der Waals surface area (Å²) < 4.78 is 0. The number of phenols is 1. The summed E-state index contributed by atoms with van der Waals surface area (Å²) in [5, 5.41) is 13.1. The first-order valence-electron chi connectivity index (χ1n) is 5.54. The van der Waals surface area contributed by atoms with Crippen LogP contribution in [0.3, 0.4) is 0 Å². The second-order valence-electron chi connectivity index (χ2n) is 4.02. The van der Waals surface area contributed by atoms with Gasteiger partial charge in [0.15, 0.2) is 0 Å². The summed E-state index contributed by atoms with van der Waals surface area (Å²) in [7, 11) is 0. The van der Waals surface area contributed by atoms with Crippen molar-refractivity contribution in [1.82, 2.24) is 0 Å². The zero-order valence-electron chi connectivity index (χ0n) is 10.1. The SMILES string of the molecule is Cc1cccc(C(=O)Nc2c(Cl)cccc2Cl)c1O. The molecule has 0 unspecified atom stereocenters. The predicted octanol–water partition coefficient (Wildman–Crippen LogP) is 4.26. The quantitative estimate of drug-likeness (QED) is 0.870. The van der Waals surface area contributed by atoms with E-state index in [0.29, 0.717) is 21.3 Å². The third kappa shape index (κ3) is 2.83. The number of hydrogen-bond acceptors (Lipinski definition) is 2. The van der Waals surface area contributed by atoms with Crippen LogP contribution in [-0.4, -0.2) is 11.0 Å². The molecule has 2 rings (SSSR count). The lowest BCUT2D eigenvalue weighted by molar-refractivity contribution is 0.102. The Bertz CT molecular complexity index is 621. The van der Waals surface area contributed by atoms with E-state index in [1.165, 1.54) is 6.07 Å². The third-order valence-corrected chi connectivity index (χ3v) is 3.31. The Kier molecular flexibility index (Phi) is 3.98. The molecule has 0 aliphatic heterocycles. The van der Waals surface area contributed by atoms with Gasteiger partial charge in [0.2, 0.25) is 0 Å². The number of benzene rings is 2. The van der Waals surface area contributed by atoms with Gasteiger partial charge < -0.3 is 10.4 Å². The van der Waals surface area contributed by atoms with Crippen molar-refractivity contribution >= 4 is 34.8 Å². The van der Waals surface area contributed by atoms with Crippen LogP contribution in [0.15, 0.2) is 36.4 Å². The molecule has 0 atom stereocenters. The lowest BCUT2D eigenvalue weighted by Crippen LogP contribution is -2.13. The molecule has 0 aromatic heterocycles. The lowest BCUT2D eigenvalue weighted by Gasteiger charge is -2.10. The van der Waals surface area contributed by atoms with Crippen LogP contribution in [0.2, 0.25) is 10.0 Å². The number of para-hydroxylation sites is 2. The first kappa shape index (κ1) is 13.7. The first-order chi connectivity index (χ1) is 9.00. The molecule has 0 spiro atoms. The Balaban J connectivity index is 2.34. The van der Waals surface area contributed by atoms with Crippen molar-refractivity contribution < 1.29 is 9.90 Å². The van der Waals surface area contributed by atoms with Crippen molar-refractivity contribution in [3.05, 3.63) is 57.6 Å². The van der Waals surface area contributed by atoms with Gasteiger partial charge in [0.25, 0.3) is 5.91 Å². The summed E-state index contributed by atoms with van der Waals surface area (Å²) in [6, 6.07) is 9.87. The van der Waals surface area contributed by atoms with Crippen molar-refractivity contribution in [3.8, 4) is 5.75 Å². The molecule has 3 nitrogen and oxygen atoms in total. The first-order valence-corrected chi connectivity index (χ1v) is 6.30. The Morgan fingerprint density at radius 2 is 1.68 bits per heavy atom. The number of phenolic OH excluding ortho intramolecular Hbond substituents is 1. The minimum absolute atomic E-state index is 0.0526. The van der Waals surface area contributed by atoms with E-state index in [1.807, 2.05) is 0 Å². The fourth-order valence-corrected chi connectivity index (χ4v) is 2.13. The van der Waals surface area contributed by atoms with E-state index in [2.05, 4.69) is 5.32 Å². The van der Waals surface area contributed by atoms with Crippen LogP contribution in [0.25, 0.3) is 0 Å². The van der Waals surface area contributed by atoms with Gasteiger partial charge in [0.1, 0.15) is 5.75 Å². The molecule has 0 saturated carbocycles. The van der Waals surface area contributed by atoms with E-state index in [1.54, 1.807) is 37.3 Å². The van der Waals surface area contributed by atoms with Gasteiger partial charge in [0.05, 0.1) is 21.3 Å². The van der Waals surface area contributed by atoms with E-state index in [9.17, 15) is 9.90 Å². The molecule has 2 aromatic rings. The number of carbonyl (C=O) groups excluding carboxylic acids is 1. The summed E-state index contributed by atoms with van der Waals surface area (Å²) in [5.74, 6) is -0.514. The average Bonchev–Trinajstić information content (AvgIpc) is 2.37. The third-order valence-electron chi connectivity index (χ3n) is 2.68. The molecule has 5 heteroatoms. The second kappa shape index (κ2) is 5.51. The minimum Gasteiger partial charge on any atom is -0.507 e. The molecule has 0 fully saturated rings. The molecular weight excluding hydrogens is 285 g/mol. The topological polar surface area (TPSA) is 49.3 Å². The maximum atomic E-state index is 12.1. The van der Waals surface area contributed by atoms with Crippen LogP contribution in [0.4, 0.5) is 5.69 Å². The molecule has 0 aliphatic rings. The Hall–Kier alpha value is -1.71. The minimum atomic E-state index is -0.462. The van der Waals surface area contributed by atoms with Gasteiger partial charge in [0, 0.05) is 0 Å². The molecule has 1 amide bonds. The van der Waals surface area contributed by atoms with E-state index in [-0.39, 0.29) is 11.3 Å². The van der Waals surface area contributed by atoms with Gasteiger partial charge in [-0.05, 0) is 30.7 Å². The van der Waals surface area contributed by atoms with Crippen LogP contribution in [0.1, 0.15) is 15.9 Å². The lowest BCUT2D eigenvalue weighted by atomic mass is 10.1. The molecular formula is C14H11Cl2NO2. The van der Waals surface area contributed by atoms with Gasteiger partial charge in [-0.25, -0.2) is 0 Å². The number of anilines is 1. The number of amides is 1. The summed E-state index contributed by atoms with van der Waals surface area (Å²) >= 11 is 11.9. The van der Waals surface area contributed by atoms with Gasteiger partial charge in [-0.15, -0.1) is 0 Å². The number of nitrogens with one attached hydrogen (secondary N) is 1. The number of hydrogen-bond donors (Lipinski definition) is 2. The van der Waals surface area contributed by atoms with Crippen molar-refractivity contribution in [3.63, 3.8) is 0 Å². The smallest absolute Gasteiger partial charge is 0.259 e. The van der Waals surface area contributed by atoms with Crippen LogP contribution in [0, 0.1) is 6.92 Å². The maximum Gasteiger partial charge on any atom is 0.259 e. The summed E-state index contributed by atoms with van der Waals surface area (Å²) in [4.78, 5) is 12.1. The van der Waals surface area contributed by atoms with E-state index in [0.717, 1.165) is 0 Å². The zero-order chi connectivity index (χ0) is 14.0. The number of rotatable bonds is 2. The van der Waals surface area contributed by atoms with E-state index >= 15 is 0 Å². The highest BCUT2D eigenvalue weighted by Crippen LogP contribution is 2.31. The molecule has 2 N–H and O–H groups in total. The average molecular weight is 296 g/mol. The molecule has 98 valence electrons. The van der Waals surface area contributed by atoms with Crippen molar-refractivity contribution in [2.45, 2.75) is 6.92 Å². The summed E-state index contributed by atoms with van der Waals surface area (Å²) in [5.41, 5.74) is 1.13. The molecule has 0 bridgehead atoms. The second-order valence-corrected chi connectivity index (χ2v) is 4.84. The monoisotopic (exact) mass is 295 g/mol. The molecule has 19 heavy (non-hydrogen) atoms. The predicted molar refractivity (Wildman–Crippen MR) is 77.3 cm³/mol. The number of carbonyl (C=O) groups is 1. The normalized spacial score (nSPS) is 10.3. The van der Waals surface area contributed by atoms with Crippen LogP contribution in [0.5, 0.6) is 5.75 Å². The Labute approximate surface area is 120 Å². The highest BCUT2D eigenvalue weighted by Gasteiger charge is 2.15. The van der Waals surface area contributed by atoms with Crippen molar-refractivity contribution in [2.75, 3.05) is 5.32 Å². The Morgan fingerprint density at radius 1 is 1.11 bits per heavy atom. The van der Waals surface area contributed by atoms with Gasteiger partial charge >= 0.3 is 0 Å². The van der Waals surface area contributed by atoms with Crippen LogP contribution < -0.4 is 5.32 Å². The highest BCUT2D eigenvalue weighted by atomic mass is 35.5. The summed E-state index contributed by atoms with van der Waals surface area (Å²) in [6.07, 6.45) is 0. The van der Waals surface area contributed by atoms with Crippen molar-refractivity contribution in [1.29, 1.82) is 0 Å². The zero-order valence-corrected chi connectivity index (χ0v) is 11.6. The molecule has 0 heterocycles. The number of halogens is 2. The van der Waals surface area contributed by atoms with Crippen LogP contribution >= 0.6 is 23.2 Å². The standard InChI is InChI=1S/C14H11Cl2NO2/c1-8-4-2-5-9(13(8)18)14(19)17-12-10(15)6-3-7-11(12)16/h2-7,18H,1H3,(H,17,19). The van der Waals surface area contributed by atoms with Gasteiger partial charge in [-0.2, -0.15) is 0 Å². The largest absolute Gasteiger partial charge is 0.507 e. The highest BCUT2D eigenvalue weighted by molar-refractivity contribution is 6.40. The Morgan fingerprint density at radius 3 is 2.32 bits per heavy atom. The van der Waals surface area contributed by atoms with Crippen LogP contribution in [-0.2, 0) is 0 Å². The summed E-state index contributed by atoms with van der Waals surface area (Å²) in [6.45, 7) is 1.72. The molecule has 0 aliphatic carbocycles. The molecule has 0 saturated heterocycles. The molecule has 2 aromatic carbocycles. The van der Waals surface area contributed by atoms with E-state index in [4.69, 9.17) is 23.2 Å². The fourth-order valence-electron chi connectivity index (χ4n) is 1.64. The van der Waals surface area contributed by atoms with Crippen molar-refractivity contribution in [2.24, 2.45) is 0 Å². The molecule has 0 radical (unpaired) electrons. The maximum absolute atomic E-state index is 12.1.